The molecule has 126 valence electrons. The topological polar surface area (TPSA) is 25.2 Å². The van der Waals surface area contributed by atoms with Crippen LogP contribution >= 0.6 is 0 Å². The van der Waals surface area contributed by atoms with Crippen molar-refractivity contribution < 1.29 is 0 Å². The minimum absolute atomic E-state index is 0.162. The summed E-state index contributed by atoms with van der Waals surface area (Å²) >= 11 is 0. The first-order chi connectivity index (χ1) is 12.3. The van der Waals surface area contributed by atoms with Crippen LogP contribution in [0.3, 0.4) is 0 Å². The smallest absolute Gasteiger partial charge is 0.250 e. The van der Waals surface area contributed by atoms with Gasteiger partial charge in [0.05, 0.1) is 0 Å². The van der Waals surface area contributed by atoms with E-state index < -0.39 is 0 Å². The van der Waals surface area contributed by atoms with Crippen molar-refractivity contribution >= 4 is 10.8 Å². The van der Waals surface area contributed by atoms with Gasteiger partial charge in [0.1, 0.15) is 0 Å². The number of benzene rings is 2. The van der Waals surface area contributed by atoms with Crippen LogP contribution in [0.4, 0.5) is 0 Å². The molecule has 2 aliphatic rings. The molecule has 2 bridgehead atoms. The fraction of sp³-hybridized carbons (Fsp3) is 0.318. The van der Waals surface area contributed by atoms with Gasteiger partial charge in [-0.2, -0.15) is 0 Å². The molecule has 5 rings (SSSR count). The number of pyridine rings is 1. The molecule has 1 saturated heterocycles. The summed E-state index contributed by atoms with van der Waals surface area (Å²) in [4.78, 5) is 14.7. The highest BCUT2D eigenvalue weighted by molar-refractivity contribution is 5.82. The zero-order valence-corrected chi connectivity index (χ0v) is 14.3. The van der Waals surface area contributed by atoms with Crippen molar-refractivity contribution in [2.75, 3.05) is 13.1 Å². The summed E-state index contributed by atoms with van der Waals surface area (Å²) in [6.07, 6.45) is 1.22. The summed E-state index contributed by atoms with van der Waals surface area (Å²) in [5, 5.41) is 2.61. The Balaban J connectivity index is 1.40. The Hall–Kier alpha value is -2.39. The van der Waals surface area contributed by atoms with Crippen molar-refractivity contribution in [1.29, 1.82) is 0 Å². The van der Waals surface area contributed by atoms with Crippen molar-refractivity contribution in [2.45, 2.75) is 25.4 Å². The van der Waals surface area contributed by atoms with Gasteiger partial charge in [0.15, 0.2) is 0 Å². The lowest BCUT2D eigenvalue weighted by molar-refractivity contribution is 0.114. The maximum atomic E-state index is 12.1. The summed E-state index contributed by atoms with van der Waals surface area (Å²) in [5.74, 6) is 1.08. The number of hydrogen-bond acceptors (Lipinski definition) is 2. The van der Waals surface area contributed by atoms with E-state index in [9.17, 15) is 4.79 Å². The van der Waals surface area contributed by atoms with Gasteiger partial charge in [0, 0.05) is 43.9 Å². The number of aromatic nitrogens is 1. The fourth-order valence-corrected chi connectivity index (χ4v) is 4.72. The van der Waals surface area contributed by atoms with Gasteiger partial charge >= 0.3 is 0 Å². The Bertz CT molecular complexity index is 990. The van der Waals surface area contributed by atoms with Crippen LogP contribution in [0.15, 0.2) is 65.5 Å². The van der Waals surface area contributed by atoms with Crippen LogP contribution in [0.2, 0.25) is 0 Å². The van der Waals surface area contributed by atoms with E-state index in [4.69, 9.17) is 0 Å². The summed E-state index contributed by atoms with van der Waals surface area (Å²) < 4.78 is 2.01. The number of rotatable bonds is 2. The van der Waals surface area contributed by atoms with E-state index in [0.717, 1.165) is 26.2 Å². The second-order valence-electron chi connectivity index (χ2n) is 7.57. The first-order valence-corrected chi connectivity index (χ1v) is 9.16. The normalized spacial score (nSPS) is 22.7. The molecule has 3 heterocycles. The molecule has 2 aromatic carbocycles. The molecule has 3 nitrogen and oxygen atoms in total. The first kappa shape index (κ1) is 14.9. The van der Waals surface area contributed by atoms with E-state index in [0.29, 0.717) is 11.8 Å². The molecule has 0 amide bonds. The third-order valence-corrected chi connectivity index (χ3v) is 5.78. The Morgan fingerprint density at radius 1 is 0.880 bits per heavy atom. The van der Waals surface area contributed by atoms with Gasteiger partial charge in [0.2, 0.25) is 0 Å². The summed E-state index contributed by atoms with van der Waals surface area (Å²) in [6, 6.07) is 21.1. The quantitative estimate of drug-likeness (QED) is 0.717. The van der Waals surface area contributed by atoms with Gasteiger partial charge in [-0.05, 0) is 40.8 Å². The second kappa shape index (κ2) is 5.85. The molecule has 1 fully saturated rings. The molecule has 2 atom stereocenters. The Morgan fingerprint density at radius 2 is 1.76 bits per heavy atom. The van der Waals surface area contributed by atoms with Crippen LogP contribution in [-0.2, 0) is 13.1 Å². The SMILES string of the molecule is O=c1cccc2n1C[C@H]1C[C@H]2CN(Cc2ccc3ccccc3c2)C1. The summed E-state index contributed by atoms with van der Waals surface area (Å²) in [5.41, 5.74) is 2.77. The molecular weight excluding hydrogens is 308 g/mol. The Kier molecular flexibility index (Phi) is 3.49. The lowest BCUT2D eigenvalue weighted by Gasteiger charge is -2.42. The second-order valence-corrected chi connectivity index (χ2v) is 7.57. The third kappa shape index (κ3) is 2.69. The standard InChI is InChI=1S/C22H22N2O/c25-22-7-3-6-21-20-11-17(14-24(21)22)13-23(15-20)12-16-8-9-18-4-1-2-5-19(18)10-16/h1-10,17,20H,11-15H2/t17-,20-/m0/s1. The maximum absolute atomic E-state index is 12.1. The van der Waals surface area contributed by atoms with E-state index in [1.807, 2.05) is 10.6 Å². The lowest BCUT2D eigenvalue weighted by atomic mass is 9.83. The lowest BCUT2D eigenvalue weighted by Crippen LogP contribution is -2.46. The molecular formula is C22H22N2O. The molecule has 3 aromatic rings. The highest BCUT2D eigenvalue weighted by atomic mass is 16.1. The molecule has 3 heteroatoms. The monoisotopic (exact) mass is 330 g/mol. The minimum atomic E-state index is 0.162. The molecule has 0 radical (unpaired) electrons. The maximum Gasteiger partial charge on any atom is 0.250 e. The largest absolute Gasteiger partial charge is 0.312 e. The minimum Gasteiger partial charge on any atom is -0.312 e. The fourth-order valence-electron chi connectivity index (χ4n) is 4.72. The van der Waals surface area contributed by atoms with Gasteiger partial charge in [-0.3, -0.25) is 9.69 Å². The molecule has 0 spiro atoms. The molecule has 0 unspecified atom stereocenters. The molecule has 1 aromatic heterocycles. The van der Waals surface area contributed by atoms with Gasteiger partial charge in [0.25, 0.3) is 5.56 Å². The van der Waals surface area contributed by atoms with Crippen molar-refractivity contribution in [1.82, 2.24) is 9.47 Å². The van der Waals surface area contributed by atoms with Gasteiger partial charge < -0.3 is 4.57 Å². The third-order valence-electron chi connectivity index (χ3n) is 5.78. The molecule has 0 saturated carbocycles. The van der Waals surface area contributed by atoms with E-state index in [1.54, 1.807) is 6.07 Å². The number of fused-ring (bicyclic) bond motifs is 5. The van der Waals surface area contributed by atoms with E-state index in [1.165, 1.54) is 28.5 Å². The van der Waals surface area contributed by atoms with Crippen LogP contribution in [0, 0.1) is 5.92 Å². The number of piperidine rings is 1. The first-order valence-electron chi connectivity index (χ1n) is 9.16. The Morgan fingerprint density at radius 3 is 2.68 bits per heavy atom. The van der Waals surface area contributed by atoms with Crippen LogP contribution < -0.4 is 5.56 Å². The van der Waals surface area contributed by atoms with Crippen molar-refractivity contribution in [2.24, 2.45) is 5.92 Å². The molecule has 25 heavy (non-hydrogen) atoms. The van der Waals surface area contributed by atoms with Gasteiger partial charge in [-0.15, -0.1) is 0 Å². The zero-order valence-electron chi connectivity index (χ0n) is 14.3. The summed E-state index contributed by atoms with van der Waals surface area (Å²) in [7, 11) is 0. The van der Waals surface area contributed by atoms with Crippen LogP contribution in [0.5, 0.6) is 0 Å². The highest BCUT2D eigenvalue weighted by Gasteiger charge is 2.34. The van der Waals surface area contributed by atoms with Crippen molar-refractivity contribution in [3.05, 3.63) is 82.3 Å². The highest BCUT2D eigenvalue weighted by Crippen LogP contribution is 2.35. The zero-order chi connectivity index (χ0) is 16.8. The predicted molar refractivity (Wildman–Crippen MR) is 101 cm³/mol. The van der Waals surface area contributed by atoms with Gasteiger partial charge in [-0.25, -0.2) is 0 Å². The van der Waals surface area contributed by atoms with Gasteiger partial charge in [-0.1, -0.05) is 42.5 Å². The number of nitrogens with zero attached hydrogens (tertiary/aromatic N) is 2. The predicted octanol–water partition coefficient (Wildman–Crippen LogP) is 3.62. The van der Waals surface area contributed by atoms with E-state index in [2.05, 4.69) is 53.4 Å². The van der Waals surface area contributed by atoms with E-state index in [-0.39, 0.29) is 5.56 Å². The number of hydrogen-bond donors (Lipinski definition) is 0. The summed E-state index contributed by atoms with van der Waals surface area (Å²) in [6.45, 7) is 4.01. The van der Waals surface area contributed by atoms with E-state index >= 15 is 0 Å². The number of likely N-dealkylation sites (tertiary alicyclic amines) is 1. The Labute approximate surface area is 147 Å². The molecule has 0 N–H and O–H groups in total. The molecule has 0 aliphatic carbocycles. The van der Waals surface area contributed by atoms with Crippen LogP contribution in [-0.4, -0.2) is 22.6 Å². The average molecular weight is 330 g/mol. The van der Waals surface area contributed by atoms with Crippen LogP contribution in [0.1, 0.15) is 23.6 Å². The average Bonchev–Trinajstić information content (AvgIpc) is 2.63. The molecule has 2 aliphatic heterocycles. The van der Waals surface area contributed by atoms with Crippen LogP contribution in [0.25, 0.3) is 10.8 Å². The van der Waals surface area contributed by atoms with Crippen molar-refractivity contribution in [3.8, 4) is 0 Å². The van der Waals surface area contributed by atoms with Crippen molar-refractivity contribution in [3.63, 3.8) is 0 Å².